The van der Waals surface area contributed by atoms with Gasteiger partial charge in [-0.15, -0.1) is 11.3 Å². The minimum absolute atomic E-state index is 0.0255. The predicted molar refractivity (Wildman–Crippen MR) is 98.4 cm³/mol. The second kappa shape index (κ2) is 7.44. The van der Waals surface area contributed by atoms with Crippen molar-refractivity contribution in [2.75, 3.05) is 12.4 Å². The zero-order chi connectivity index (χ0) is 17.8. The van der Waals surface area contributed by atoms with Crippen LogP contribution >= 0.6 is 11.3 Å². The van der Waals surface area contributed by atoms with Crippen LogP contribution in [0, 0.1) is 5.82 Å². The maximum Gasteiger partial charge on any atom is 0.224 e. The number of amides is 1. The summed E-state index contributed by atoms with van der Waals surface area (Å²) in [6.07, 6.45) is 0.438. The number of methoxy groups -OCH3 is 1. The summed E-state index contributed by atoms with van der Waals surface area (Å²) in [6.45, 7) is 1.81. The molecule has 0 saturated carbocycles. The van der Waals surface area contributed by atoms with Crippen LogP contribution in [-0.4, -0.2) is 18.0 Å². The number of benzene rings is 2. The van der Waals surface area contributed by atoms with Crippen molar-refractivity contribution in [1.29, 1.82) is 0 Å². The number of nitrogens with zero attached hydrogens (tertiary/aromatic N) is 1. The van der Waals surface area contributed by atoms with Crippen LogP contribution in [0.1, 0.15) is 13.3 Å². The fourth-order valence-electron chi connectivity index (χ4n) is 2.36. The molecule has 1 amide bonds. The molecule has 0 spiro atoms. The normalized spacial score (nSPS) is 10.5. The maximum atomic E-state index is 13.6. The summed E-state index contributed by atoms with van der Waals surface area (Å²) in [6, 6.07) is 11.8. The Bertz CT molecular complexity index is 891. The first-order valence-corrected chi connectivity index (χ1v) is 8.68. The van der Waals surface area contributed by atoms with Crippen molar-refractivity contribution in [2.45, 2.75) is 13.3 Å². The lowest BCUT2D eigenvalue weighted by molar-refractivity contribution is -0.115. The van der Waals surface area contributed by atoms with E-state index in [0.29, 0.717) is 23.4 Å². The maximum absolute atomic E-state index is 13.6. The summed E-state index contributed by atoms with van der Waals surface area (Å²) in [5.41, 5.74) is 2.97. The third-order valence-corrected chi connectivity index (χ3v) is 4.57. The van der Waals surface area contributed by atoms with E-state index in [1.165, 1.54) is 23.5 Å². The highest BCUT2D eigenvalue weighted by Gasteiger charge is 2.12. The van der Waals surface area contributed by atoms with Crippen molar-refractivity contribution in [1.82, 2.24) is 4.98 Å². The van der Waals surface area contributed by atoms with Crippen molar-refractivity contribution in [2.24, 2.45) is 0 Å². The molecule has 1 N–H and O–H groups in total. The second-order valence-corrected chi connectivity index (χ2v) is 6.22. The molecule has 6 heteroatoms. The van der Waals surface area contributed by atoms with Crippen molar-refractivity contribution < 1.29 is 13.9 Å². The molecular weight excluding hydrogens is 339 g/mol. The molecule has 0 unspecified atom stereocenters. The van der Waals surface area contributed by atoms with E-state index in [0.717, 1.165) is 16.3 Å². The van der Waals surface area contributed by atoms with Gasteiger partial charge in [0.25, 0.3) is 0 Å². The largest absolute Gasteiger partial charge is 0.496 e. The number of rotatable bonds is 5. The van der Waals surface area contributed by atoms with Gasteiger partial charge in [-0.3, -0.25) is 4.79 Å². The highest BCUT2D eigenvalue weighted by molar-refractivity contribution is 7.13. The first-order chi connectivity index (χ1) is 12.1. The molecule has 3 aromatic rings. The Hall–Kier alpha value is -2.73. The van der Waals surface area contributed by atoms with Gasteiger partial charge in [0.2, 0.25) is 5.91 Å². The van der Waals surface area contributed by atoms with Crippen LogP contribution in [0.5, 0.6) is 5.75 Å². The number of carbonyl (C=O) groups excluding carboxylic acids is 1. The quantitative estimate of drug-likeness (QED) is 0.702. The van der Waals surface area contributed by atoms with Crippen molar-refractivity contribution in [3.8, 4) is 27.6 Å². The molecule has 0 radical (unpaired) electrons. The first kappa shape index (κ1) is 17.1. The van der Waals surface area contributed by atoms with Gasteiger partial charge >= 0.3 is 0 Å². The Morgan fingerprint density at radius 3 is 2.68 bits per heavy atom. The van der Waals surface area contributed by atoms with E-state index in [1.54, 1.807) is 13.2 Å². The molecule has 128 valence electrons. The highest BCUT2D eigenvalue weighted by atomic mass is 32.1. The van der Waals surface area contributed by atoms with E-state index in [9.17, 15) is 9.18 Å². The highest BCUT2D eigenvalue weighted by Crippen LogP contribution is 2.34. The van der Waals surface area contributed by atoms with Gasteiger partial charge in [0.15, 0.2) is 0 Å². The number of nitrogens with one attached hydrogen (secondary N) is 1. The fourth-order valence-corrected chi connectivity index (χ4v) is 3.18. The molecule has 25 heavy (non-hydrogen) atoms. The number of halogens is 1. The van der Waals surface area contributed by atoms with Crippen molar-refractivity contribution >= 4 is 22.9 Å². The summed E-state index contributed by atoms with van der Waals surface area (Å²) >= 11 is 1.47. The van der Waals surface area contributed by atoms with Crippen molar-refractivity contribution in [3.63, 3.8) is 0 Å². The average Bonchev–Trinajstić information content (AvgIpc) is 3.12. The number of ether oxygens (including phenoxy) is 1. The summed E-state index contributed by atoms with van der Waals surface area (Å²) in [5, 5.41) is 5.50. The smallest absolute Gasteiger partial charge is 0.224 e. The SMILES string of the molecule is CCC(=O)Nc1ccc(-c2nc(-c3cc(F)ccc3OC)cs2)cc1. The van der Waals surface area contributed by atoms with E-state index >= 15 is 0 Å². The zero-order valence-corrected chi connectivity index (χ0v) is 14.7. The van der Waals surface area contributed by atoms with E-state index < -0.39 is 0 Å². The van der Waals surface area contributed by atoms with Crippen LogP contribution in [0.2, 0.25) is 0 Å². The molecule has 0 atom stereocenters. The molecule has 0 fully saturated rings. The van der Waals surface area contributed by atoms with Crippen LogP contribution in [0.25, 0.3) is 21.8 Å². The zero-order valence-electron chi connectivity index (χ0n) is 13.9. The lowest BCUT2D eigenvalue weighted by Gasteiger charge is -2.06. The molecule has 0 bridgehead atoms. The number of hydrogen-bond donors (Lipinski definition) is 1. The molecule has 3 rings (SSSR count). The third kappa shape index (κ3) is 3.85. The van der Waals surface area contributed by atoms with Gasteiger partial charge in [0.05, 0.1) is 12.8 Å². The topological polar surface area (TPSA) is 51.2 Å². The Morgan fingerprint density at radius 2 is 2.00 bits per heavy atom. The molecule has 4 nitrogen and oxygen atoms in total. The van der Waals surface area contributed by atoms with Gasteiger partial charge in [-0.25, -0.2) is 9.37 Å². The van der Waals surface area contributed by atoms with Crippen LogP contribution in [0.4, 0.5) is 10.1 Å². The minimum atomic E-state index is -0.332. The Balaban J connectivity index is 1.87. The fraction of sp³-hybridized carbons (Fsp3) is 0.158. The number of aromatic nitrogens is 1. The standard InChI is InChI=1S/C19H17FN2O2S/c1-3-18(23)21-14-7-4-12(5-8-14)19-22-16(11-25-19)15-10-13(20)6-9-17(15)24-2/h4-11H,3H2,1-2H3,(H,21,23). The van der Waals surface area contributed by atoms with E-state index in [-0.39, 0.29) is 11.7 Å². The summed E-state index contributed by atoms with van der Waals surface area (Å²) < 4.78 is 18.9. The number of carbonyl (C=O) groups is 1. The van der Waals surface area contributed by atoms with Gasteiger partial charge in [0.1, 0.15) is 16.6 Å². The number of hydrogen-bond acceptors (Lipinski definition) is 4. The second-order valence-electron chi connectivity index (χ2n) is 5.36. The van der Waals surface area contributed by atoms with Gasteiger partial charge in [-0.2, -0.15) is 0 Å². The third-order valence-electron chi connectivity index (χ3n) is 3.68. The average molecular weight is 356 g/mol. The van der Waals surface area contributed by atoms with Gasteiger partial charge in [-0.05, 0) is 42.5 Å². The first-order valence-electron chi connectivity index (χ1n) is 7.80. The lowest BCUT2D eigenvalue weighted by atomic mass is 10.1. The van der Waals surface area contributed by atoms with Crippen LogP contribution < -0.4 is 10.1 Å². The molecular formula is C19H17FN2O2S. The van der Waals surface area contributed by atoms with Gasteiger partial charge in [0, 0.05) is 28.6 Å². The number of anilines is 1. The summed E-state index contributed by atoms with van der Waals surface area (Å²) in [5.74, 6) is 0.222. The Labute approximate surface area is 149 Å². The van der Waals surface area contributed by atoms with Gasteiger partial charge in [-0.1, -0.05) is 6.92 Å². The lowest BCUT2D eigenvalue weighted by Crippen LogP contribution is -2.08. The molecule has 0 saturated heterocycles. The predicted octanol–water partition coefficient (Wildman–Crippen LogP) is 4.97. The monoisotopic (exact) mass is 356 g/mol. The molecule has 0 aliphatic carbocycles. The molecule has 2 aromatic carbocycles. The number of thiazole rings is 1. The van der Waals surface area contributed by atoms with Crippen LogP contribution in [-0.2, 0) is 4.79 Å². The van der Waals surface area contributed by atoms with E-state index in [4.69, 9.17) is 4.74 Å². The minimum Gasteiger partial charge on any atom is -0.496 e. The van der Waals surface area contributed by atoms with Gasteiger partial charge < -0.3 is 10.1 Å². The molecule has 0 aliphatic heterocycles. The Kier molecular flexibility index (Phi) is 5.09. The van der Waals surface area contributed by atoms with Crippen molar-refractivity contribution in [3.05, 3.63) is 53.7 Å². The summed E-state index contributed by atoms with van der Waals surface area (Å²) in [7, 11) is 1.55. The summed E-state index contributed by atoms with van der Waals surface area (Å²) in [4.78, 5) is 16.0. The Morgan fingerprint density at radius 1 is 1.24 bits per heavy atom. The van der Waals surface area contributed by atoms with E-state index in [1.807, 2.05) is 36.6 Å². The molecule has 1 heterocycles. The molecule has 0 aliphatic rings. The molecule has 1 aromatic heterocycles. The van der Waals surface area contributed by atoms with Crippen LogP contribution in [0.15, 0.2) is 47.8 Å². The van der Waals surface area contributed by atoms with Crippen LogP contribution in [0.3, 0.4) is 0 Å². The van der Waals surface area contributed by atoms with E-state index in [2.05, 4.69) is 10.3 Å².